The Hall–Kier alpha value is -2.19. The van der Waals surface area contributed by atoms with E-state index in [2.05, 4.69) is 44.3 Å². The molecule has 30 heavy (non-hydrogen) atoms. The van der Waals surface area contributed by atoms with Crippen molar-refractivity contribution < 1.29 is 4.39 Å². The highest BCUT2D eigenvalue weighted by molar-refractivity contribution is 7.11. The van der Waals surface area contributed by atoms with Gasteiger partial charge in [-0.25, -0.2) is 14.4 Å². The van der Waals surface area contributed by atoms with Gasteiger partial charge in [0, 0.05) is 37.6 Å². The molecule has 0 atom stereocenters. The summed E-state index contributed by atoms with van der Waals surface area (Å²) in [5, 5.41) is 7.59. The smallest absolute Gasteiger partial charge is 0.191 e. The molecule has 1 aliphatic rings. The van der Waals surface area contributed by atoms with Crippen molar-refractivity contribution in [2.45, 2.75) is 40.8 Å². The summed E-state index contributed by atoms with van der Waals surface area (Å²) in [6.45, 7) is 14.9. The van der Waals surface area contributed by atoms with Crippen molar-refractivity contribution in [3.8, 4) is 0 Å². The zero-order valence-electron chi connectivity index (χ0n) is 18.5. The molecular weight excluding hydrogens is 399 g/mol. The molecule has 1 aromatic carbocycles. The zero-order chi connectivity index (χ0) is 21.5. The molecule has 8 heteroatoms. The summed E-state index contributed by atoms with van der Waals surface area (Å²) in [6.07, 6.45) is 0. The predicted molar refractivity (Wildman–Crippen MR) is 124 cm³/mol. The van der Waals surface area contributed by atoms with Gasteiger partial charge in [-0.05, 0) is 45.0 Å². The summed E-state index contributed by atoms with van der Waals surface area (Å²) in [5.74, 6) is 0.544. The van der Waals surface area contributed by atoms with Gasteiger partial charge in [-0.1, -0.05) is 13.0 Å². The number of nitrogens with zero attached hydrogens (tertiary/aromatic N) is 4. The number of anilines is 1. The third-order valence-electron chi connectivity index (χ3n) is 5.42. The van der Waals surface area contributed by atoms with Crippen molar-refractivity contribution in [1.29, 1.82) is 0 Å². The Morgan fingerprint density at radius 1 is 1.17 bits per heavy atom. The maximum absolute atomic E-state index is 14.8. The molecular formula is C22H33FN6S. The van der Waals surface area contributed by atoms with Gasteiger partial charge < -0.3 is 20.4 Å². The van der Waals surface area contributed by atoms with E-state index in [0.717, 1.165) is 55.5 Å². The lowest BCUT2D eigenvalue weighted by molar-refractivity contribution is 0.270. The van der Waals surface area contributed by atoms with Crippen LogP contribution in [0.15, 0.2) is 23.2 Å². The standard InChI is InChI=1S/C22H33FN6S/c1-5-24-22(26-15-21-27-16(3)17(4)30-21)25-14-18-7-8-20(19(23)13-18)29-11-9-28(6-2)10-12-29/h7-8,13H,5-6,9-12,14-15H2,1-4H3,(H2,24,25,26). The third-order valence-corrected chi connectivity index (χ3v) is 6.49. The Morgan fingerprint density at radius 3 is 2.53 bits per heavy atom. The van der Waals surface area contributed by atoms with E-state index in [1.807, 2.05) is 26.0 Å². The van der Waals surface area contributed by atoms with Crippen LogP contribution in [0.5, 0.6) is 0 Å². The van der Waals surface area contributed by atoms with Gasteiger partial charge in [-0.15, -0.1) is 11.3 Å². The molecule has 2 N–H and O–H groups in total. The van der Waals surface area contributed by atoms with Crippen LogP contribution >= 0.6 is 11.3 Å². The van der Waals surface area contributed by atoms with Crippen LogP contribution in [0.1, 0.15) is 35.0 Å². The van der Waals surface area contributed by atoms with Gasteiger partial charge in [0.1, 0.15) is 10.8 Å². The van der Waals surface area contributed by atoms with Crippen molar-refractivity contribution in [2.75, 3.05) is 44.2 Å². The maximum Gasteiger partial charge on any atom is 0.191 e. The summed E-state index contributed by atoms with van der Waals surface area (Å²) in [6, 6.07) is 5.48. The number of halogens is 1. The maximum atomic E-state index is 14.8. The van der Waals surface area contributed by atoms with Crippen molar-refractivity contribution in [3.63, 3.8) is 0 Å². The molecule has 0 saturated carbocycles. The molecule has 0 radical (unpaired) electrons. The minimum Gasteiger partial charge on any atom is -0.367 e. The van der Waals surface area contributed by atoms with Crippen LogP contribution in [0.2, 0.25) is 0 Å². The molecule has 0 bridgehead atoms. The van der Waals surface area contributed by atoms with Crippen molar-refractivity contribution in [1.82, 2.24) is 20.5 Å². The molecule has 0 amide bonds. The predicted octanol–water partition coefficient (Wildman–Crippen LogP) is 3.30. The molecule has 0 aliphatic carbocycles. The average Bonchev–Trinajstić information content (AvgIpc) is 3.07. The second kappa shape index (κ2) is 10.7. The van der Waals surface area contributed by atoms with Gasteiger partial charge in [0.25, 0.3) is 0 Å². The quantitative estimate of drug-likeness (QED) is 0.519. The molecule has 164 valence electrons. The average molecular weight is 433 g/mol. The molecule has 1 aliphatic heterocycles. The number of benzene rings is 1. The zero-order valence-corrected chi connectivity index (χ0v) is 19.3. The summed E-state index contributed by atoms with van der Waals surface area (Å²) < 4.78 is 14.8. The SMILES string of the molecule is CCNC(=NCc1ccc(N2CCN(CC)CC2)c(F)c1)NCc1nc(C)c(C)s1. The largest absolute Gasteiger partial charge is 0.367 e. The molecule has 1 fully saturated rings. The molecule has 2 aromatic rings. The van der Waals surface area contributed by atoms with Crippen molar-refractivity contribution in [3.05, 3.63) is 45.2 Å². The van der Waals surface area contributed by atoms with Crippen LogP contribution in [0.25, 0.3) is 0 Å². The van der Waals surface area contributed by atoms with E-state index in [1.54, 1.807) is 17.4 Å². The van der Waals surface area contributed by atoms with Crippen LogP contribution in [-0.4, -0.2) is 55.1 Å². The number of guanidine groups is 1. The minimum absolute atomic E-state index is 0.167. The number of piperazine rings is 1. The lowest BCUT2D eigenvalue weighted by Gasteiger charge is -2.35. The van der Waals surface area contributed by atoms with E-state index in [9.17, 15) is 4.39 Å². The normalized spacial score (nSPS) is 15.5. The monoisotopic (exact) mass is 432 g/mol. The number of aromatic nitrogens is 1. The number of hydrogen-bond donors (Lipinski definition) is 2. The topological polar surface area (TPSA) is 55.8 Å². The Bertz CT molecular complexity index is 838. The van der Waals surface area contributed by atoms with Crippen LogP contribution in [-0.2, 0) is 13.1 Å². The fourth-order valence-corrected chi connectivity index (χ4v) is 4.37. The number of hydrogen-bond acceptors (Lipinski definition) is 5. The third kappa shape index (κ3) is 5.92. The van der Waals surface area contributed by atoms with E-state index < -0.39 is 0 Å². The number of likely N-dealkylation sites (N-methyl/N-ethyl adjacent to an activating group) is 1. The molecule has 1 aromatic heterocycles. The van der Waals surface area contributed by atoms with Gasteiger partial charge in [0.15, 0.2) is 5.96 Å². The molecule has 6 nitrogen and oxygen atoms in total. The van der Waals surface area contributed by atoms with E-state index in [1.165, 1.54) is 4.88 Å². The van der Waals surface area contributed by atoms with Gasteiger partial charge in [0.2, 0.25) is 0 Å². The van der Waals surface area contributed by atoms with E-state index in [4.69, 9.17) is 0 Å². The first-order chi connectivity index (χ1) is 14.5. The van der Waals surface area contributed by atoms with E-state index >= 15 is 0 Å². The Labute approximate surface area is 183 Å². The Morgan fingerprint density at radius 2 is 1.93 bits per heavy atom. The summed E-state index contributed by atoms with van der Waals surface area (Å²) in [7, 11) is 0. The number of rotatable bonds is 7. The molecule has 0 unspecified atom stereocenters. The van der Waals surface area contributed by atoms with Gasteiger partial charge in [0.05, 0.1) is 24.5 Å². The lowest BCUT2D eigenvalue weighted by atomic mass is 10.1. The van der Waals surface area contributed by atoms with Crippen molar-refractivity contribution >= 4 is 23.0 Å². The molecule has 0 spiro atoms. The number of aliphatic imine (C=N–C) groups is 1. The fourth-order valence-electron chi connectivity index (χ4n) is 3.50. The number of aryl methyl sites for hydroxylation is 2. The molecule has 3 rings (SSSR count). The summed E-state index contributed by atoms with van der Waals surface area (Å²) in [4.78, 5) is 14.9. The second-order valence-corrected chi connectivity index (χ2v) is 8.79. The summed E-state index contributed by atoms with van der Waals surface area (Å²) >= 11 is 1.69. The highest BCUT2D eigenvalue weighted by Gasteiger charge is 2.18. The Kier molecular flexibility index (Phi) is 8.04. The highest BCUT2D eigenvalue weighted by Crippen LogP contribution is 2.22. The summed E-state index contributed by atoms with van der Waals surface area (Å²) in [5.41, 5.74) is 2.63. The van der Waals surface area contributed by atoms with Gasteiger partial charge >= 0.3 is 0 Å². The van der Waals surface area contributed by atoms with Gasteiger partial charge in [-0.3, -0.25) is 0 Å². The lowest BCUT2D eigenvalue weighted by Crippen LogP contribution is -2.46. The van der Waals surface area contributed by atoms with E-state index in [0.29, 0.717) is 24.7 Å². The minimum atomic E-state index is -0.167. The first kappa shape index (κ1) is 22.5. The fraction of sp³-hybridized carbons (Fsp3) is 0.545. The Balaban J connectivity index is 1.60. The van der Waals surface area contributed by atoms with Crippen LogP contribution in [0, 0.1) is 19.7 Å². The highest BCUT2D eigenvalue weighted by atomic mass is 32.1. The molecule has 1 saturated heterocycles. The van der Waals surface area contributed by atoms with Crippen molar-refractivity contribution in [2.24, 2.45) is 4.99 Å². The van der Waals surface area contributed by atoms with E-state index in [-0.39, 0.29) is 5.82 Å². The number of thiazole rings is 1. The number of nitrogens with one attached hydrogen (secondary N) is 2. The van der Waals surface area contributed by atoms with Gasteiger partial charge in [-0.2, -0.15) is 0 Å². The van der Waals surface area contributed by atoms with Crippen LogP contribution in [0.4, 0.5) is 10.1 Å². The first-order valence-corrected chi connectivity index (χ1v) is 11.5. The molecule has 2 heterocycles. The van der Waals surface area contributed by atoms with Crippen LogP contribution in [0.3, 0.4) is 0 Å². The first-order valence-electron chi connectivity index (χ1n) is 10.7. The van der Waals surface area contributed by atoms with Crippen LogP contribution < -0.4 is 15.5 Å². The second-order valence-electron chi connectivity index (χ2n) is 7.50.